The van der Waals surface area contributed by atoms with E-state index in [0.717, 1.165) is 77.9 Å². The molecule has 2 aromatic heterocycles. The van der Waals surface area contributed by atoms with Gasteiger partial charge in [0.1, 0.15) is 29.3 Å². The molecule has 0 bridgehead atoms. The van der Waals surface area contributed by atoms with Gasteiger partial charge in [-0.15, -0.1) is 0 Å². The van der Waals surface area contributed by atoms with Gasteiger partial charge in [0, 0.05) is 43.9 Å². The first-order chi connectivity index (χ1) is 21.8. The van der Waals surface area contributed by atoms with Crippen molar-refractivity contribution in [2.45, 2.75) is 51.2 Å². The maximum atomic E-state index is 9.00. The maximum Gasteiger partial charge on any atom is 0.300 e. The zero-order valence-electron chi connectivity index (χ0n) is 26.6. The lowest BCUT2D eigenvalue weighted by Crippen LogP contribution is -2.47. The normalized spacial score (nSPS) is 16.6. The number of fused-ring (bicyclic) bond motifs is 1. The molecule has 4 aromatic rings. The number of nitrogens with zero attached hydrogens (tertiary/aromatic N) is 6. The number of carboxylic acid groups (broad SMARTS) is 1. The Morgan fingerprint density at radius 2 is 1.56 bits per heavy atom. The molecule has 2 fully saturated rings. The molecule has 0 unspecified atom stereocenters. The van der Waals surface area contributed by atoms with Gasteiger partial charge in [0.15, 0.2) is 5.65 Å². The Morgan fingerprint density at radius 1 is 0.956 bits per heavy atom. The van der Waals surface area contributed by atoms with Gasteiger partial charge in [-0.05, 0) is 70.1 Å². The highest BCUT2D eigenvalue weighted by Gasteiger charge is 2.30. The second kappa shape index (κ2) is 14.6. The molecule has 0 amide bonds. The Kier molecular flexibility index (Phi) is 10.4. The SMILES string of the molecule is CC(=O)O.COc1cccc(OC)c1CNc1ccc(-c2nn(C3CCN(C4CCN(C)CC4)CC3)c3ncnc(N)c23)cc1. The summed E-state index contributed by atoms with van der Waals surface area (Å²) in [6, 6.07) is 15.1. The van der Waals surface area contributed by atoms with Crippen molar-refractivity contribution in [3.05, 3.63) is 54.4 Å². The fraction of sp³-hybridized carbons (Fsp3) is 0.455. The Morgan fingerprint density at radius 3 is 2.16 bits per heavy atom. The van der Waals surface area contributed by atoms with E-state index in [0.29, 0.717) is 24.4 Å². The predicted molar refractivity (Wildman–Crippen MR) is 176 cm³/mol. The number of carboxylic acids is 1. The number of ether oxygens (including phenoxy) is 2. The van der Waals surface area contributed by atoms with Gasteiger partial charge in [-0.25, -0.2) is 14.6 Å². The van der Waals surface area contributed by atoms with E-state index in [4.69, 9.17) is 30.2 Å². The third-order valence-corrected chi connectivity index (χ3v) is 8.73. The molecule has 240 valence electrons. The average Bonchev–Trinajstić information content (AvgIpc) is 3.45. The number of nitrogens with one attached hydrogen (secondary N) is 1. The molecule has 12 heteroatoms. The van der Waals surface area contributed by atoms with Crippen LogP contribution in [0.5, 0.6) is 11.5 Å². The number of methoxy groups -OCH3 is 2. The quantitative estimate of drug-likeness (QED) is 0.257. The highest BCUT2D eigenvalue weighted by Crippen LogP contribution is 2.35. The molecule has 0 aliphatic carbocycles. The van der Waals surface area contributed by atoms with Crippen LogP contribution in [-0.4, -0.2) is 94.1 Å². The molecule has 2 aliphatic rings. The van der Waals surface area contributed by atoms with E-state index in [1.54, 1.807) is 20.5 Å². The molecule has 0 atom stereocenters. The summed E-state index contributed by atoms with van der Waals surface area (Å²) in [6.07, 6.45) is 6.18. The van der Waals surface area contributed by atoms with Gasteiger partial charge in [-0.3, -0.25) is 4.79 Å². The summed E-state index contributed by atoms with van der Waals surface area (Å²) in [5, 5.41) is 16.8. The fourth-order valence-corrected chi connectivity index (χ4v) is 6.35. The number of aliphatic carboxylic acids is 1. The molecule has 0 radical (unpaired) electrons. The minimum absolute atomic E-state index is 0.292. The standard InChI is InChI=1S/C31H40N8O2.C2H4O2/c1-37-15-11-23(12-16-37)38-17-13-24(14-18-38)39-31-28(30(32)34-20-35-31)29(36-39)21-7-9-22(10-8-21)33-19-25-26(40-2)5-4-6-27(25)41-3;1-2(3)4/h4-10,20,23-24,33H,11-19H2,1-3H3,(H2,32,34,35);1H3,(H,3,4). The van der Waals surface area contributed by atoms with Crippen LogP contribution in [0.4, 0.5) is 11.5 Å². The number of rotatable bonds is 8. The van der Waals surface area contributed by atoms with Crippen LogP contribution in [-0.2, 0) is 11.3 Å². The number of piperidine rings is 2. The average molecular weight is 617 g/mol. The molecule has 2 aromatic carbocycles. The molecule has 4 N–H and O–H groups in total. The number of anilines is 2. The second-order valence-electron chi connectivity index (χ2n) is 11.6. The molecule has 6 rings (SSSR count). The number of benzene rings is 2. The minimum Gasteiger partial charge on any atom is -0.496 e. The highest BCUT2D eigenvalue weighted by molar-refractivity contribution is 5.98. The summed E-state index contributed by atoms with van der Waals surface area (Å²) in [5.74, 6) is 1.21. The molecule has 12 nitrogen and oxygen atoms in total. The van der Waals surface area contributed by atoms with Gasteiger partial charge in [0.05, 0.1) is 31.2 Å². The number of nitrogen functional groups attached to an aromatic ring is 1. The largest absolute Gasteiger partial charge is 0.496 e. The lowest BCUT2D eigenvalue weighted by atomic mass is 9.98. The Balaban J connectivity index is 0.000000945. The summed E-state index contributed by atoms with van der Waals surface area (Å²) < 4.78 is 13.2. The van der Waals surface area contributed by atoms with E-state index >= 15 is 0 Å². The van der Waals surface area contributed by atoms with Gasteiger partial charge in [-0.1, -0.05) is 18.2 Å². The summed E-state index contributed by atoms with van der Waals surface area (Å²) in [6.45, 7) is 6.22. The first-order valence-corrected chi connectivity index (χ1v) is 15.4. The Bertz CT molecular complexity index is 1550. The topological polar surface area (TPSA) is 144 Å². The third kappa shape index (κ3) is 7.46. The van der Waals surface area contributed by atoms with Crippen molar-refractivity contribution in [3.63, 3.8) is 0 Å². The lowest BCUT2D eigenvalue weighted by molar-refractivity contribution is -0.134. The van der Waals surface area contributed by atoms with Crippen LogP contribution in [0.3, 0.4) is 0 Å². The van der Waals surface area contributed by atoms with E-state index in [-0.39, 0.29) is 0 Å². The summed E-state index contributed by atoms with van der Waals surface area (Å²) in [4.78, 5) is 23.1. The highest BCUT2D eigenvalue weighted by atomic mass is 16.5. The molecular weight excluding hydrogens is 572 g/mol. The summed E-state index contributed by atoms with van der Waals surface area (Å²) in [7, 11) is 5.57. The van der Waals surface area contributed by atoms with Gasteiger partial charge >= 0.3 is 0 Å². The Labute approximate surface area is 264 Å². The van der Waals surface area contributed by atoms with E-state index in [1.165, 1.54) is 25.9 Å². The number of hydrogen-bond donors (Lipinski definition) is 3. The number of nitrogens with two attached hydrogens (primary N) is 1. The van der Waals surface area contributed by atoms with Crippen LogP contribution in [0.25, 0.3) is 22.3 Å². The van der Waals surface area contributed by atoms with Gasteiger partial charge in [-0.2, -0.15) is 5.10 Å². The number of likely N-dealkylation sites (tertiary alicyclic amines) is 2. The molecule has 0 saturated carbocycles. The van der Waals surface area contributed by atoms with Crippen molar-refractivity contribution in [2.24, 2.45) is 0 Å². The van der Waals surface area contributed by atoms with Crippen molar-refractivity contribution >= 4 is 28.5 Å². The van der Waals surface area contributed by atoms with Crippen LogP contribution in [0.2, 0.25) is 0 Å². The maximum absolute atomic E-state index is 9.00. The Hall–Kier alpha value is -4.42. The zero-order chi connectivity index (χ0) is 31.9. The molecule has 2 aliphatic heterocycles. The fourth-order valence-electron chi connectivity index (χ4n) is 6.35. The number of hydrogen-bond acceptors (Lipinski definition) is 10. The zero-order valence-corrected chi connectivity index (χ0v) is 26.6. The first kappa shape index (κ1) is 32.0. The van der Waals surface area contributed by atoms with E-state index in [9.17, 15) is 0 Å². The first-order valence-electron chi connectivity index (χ1n) is 15.4. The van der Waals surface area contributed by atoms with Crippen LogP contribution in [0, 0.1) is 0 Å². The monoisotopic (exact) mass is 616 g/mol. The number of aromatic nitrogens is 4. The minimum atomic E-state index is -0.833. The van der Waals surface area contributed by atoms with Gasteiger partial charge in [0.2, 0.25) is 0 Å². The predicted octanol–water partition coefficient (Wildman–Crippen LogP) is 4.53. The van der Waals surface area contributed by atoms with Gasteiger partial charge < -0.3 is 35.4 Å². The number of carbonyl (C=O) groups is 1. The van der Waals surface area contributed by atoms with Crippen LogP contribution < -0.4 is 20.5 Å². The van der Waals surface area contributed by atoms with Crippen molar-refractivity contribution in [1.82, 2.24) is 29.5 Å². The molecule has 0 spiro atoms. The van der Waals surface area contributed by atoms with Crippen molar-refractivity contribution in [1.29, 1.82) is 0 Å². The van der Waals surface area contributed by atoms with Crippen LogP contribution >= 0.6 is 0 Å². The van der Waals surface area contributed by atoms with Crippen molar-refractivity contribution < 1.29 is 19.4 Å². The molecule has 4 heterocycles. The summed E-state index contributed by atoms with van der Waals surface area (Å²) in [5.41, 5.74) is 11.0. The van der Waals surface area contributed by atoms with Gasteiger partial charge in [0.25, 0.3) is 5.97 Å². The van der Waals surface area contributed by atoms with E-state index < -0.39 is 5.97 Å². The van der Waals surface area contributed by atoms with Crippen molar-refractivity contribution in [2.75, 3.05) is 58.5 Å². The van der Waals surface area contributed by atoms with Crippen LogP contribution in [0.15, 0.2) is 48.8 Å². The summed E-state index contributed by atoms with van der Waals surface area (Å²) >= 11 is 0. The molecular formula is C33H44N8O4. The van der Waals surface area contributed by atoms with E-state index in [1.807, 2.05) is 18.2 Å². The van der Waals surface area contributed by atoms with E-state index in [2.05, 4.69) is 61.1 Å². The smallest absolute Gasteiger partial charge is 0.300 e. The second-order valence-corrected chi connectivity index (χ2v) is 11.6. The van der Waals surface area contributed by atoms with Crippen molar-refractivity contribution in [3.8, 4) is 22.8 Å². The third-order valence-electron chi connectivity index (χ3n) is 8.73. The molecule has 2 saturated heterocycles. The molecule has 45 heavy (non-hydrogen) atoms. The van der Waals surface area contributed by atoms with Crippen LogP contribution in [0.1, 0.15) is 44.2 Å². The lowest BCUT2D eigenvalue weighted by Gasteiger charge is -2.41.